The number of aryl methyl sites for hydroxylation is 1. The summed E-state index contributed by atoms with van der Waals surface area (Å²) in [4.78, 5) is 2.19. The van der Waals surface area contributed by atoms with Crippen LogP contribution in [0.1, 0.15) is 11.1 Å². The van der Waals surface area contributed by atoms with Crippen molar-refractivity contribution in [2.45, 2.75) is 13.5 Å². The van der Waals surface area contributed by atoms with Crippen LogP contribution in [0.3, 0.4) is 0 Å². The maximum atomic E-state index is 5.77. The van der Waals surface area contributed by atoms with Crippen LogP contribution in [0.25, 0.3) is 0 Å². The van der Waals surface area contributed by atoms with E-state index >= 15 is 0 Å². The number of methoxy groups -OCH3 is 1. The van der Waals surface area contributed by atoms with Gasteiger partial charge in [-0.15, -0.1) is 0 Å². The van der Waals surface area contributed by atoms with E-state index in [2.05, 4.69) is 43.1 Å². The summed E-state index contributed by atoms with van der Waals surface area (Å²) in [6, 6.07) is 14.3. The van der Waals surface area contributed by atoms with Gasteiger partial charge in [-0.3, -0.25) is 0 Å². The topological polar surface area (TPSA) is 38.5 Å². The van der Waals surface area contributed by atoms with Crippen LogP contribution >= 0.6 is 0 Å². The first kappa shape index (κ1) is 13.3. The number of nitrogens with two attached hydrogens (primary N) is 1. The third-order valence-corrected chi connectivity index (χ3v) is 3.19. The number of nitrogens with zero attached hydrogens (tertiary/aromatic N) is 1. The molecule has 0 saturated carbocycles. The lowest BCUT2D eigenvalue weighted by Gasteiger charge is -2.21. The Morgan fingerprint density at radius 3 is 2.42 bits per heavy atom. The van der Waals surface area contributed by atoms with Crippen LogP contribution in [0, 0.1) is 6.92 Å². The molecule has 0 aromatic heterocycles. The summed E-state index contributed by atoms with van der Waals surface area (Å²) >= 11 is 0. The molecule has 0 bridgehead atoms. The van der Waals surface area contributed by atoms with Gasteiger partial charge in [0.25, 0.3) is 0 Å². The Morgan fingerprint density at radius 2 is 1.79 bits per heavy atom. The van der Waals surface area contributed by atoms with Gasteiger partial charge in [-0.1, -0.05) is 23.8 Å². The zero-order valence-electron chi connectivity index (χ0n) is 11.7. The molecule has 0 amide bonds. The molecule has 0 spiro atoms. The van der Waals surface area contributed by atoms with E-state index in [0.717, 1.165) is 23.5 Å². The van der Waals surface area contributed by atoms with Crippen LogP contribution in [0.5, 0.6) is 5.75 Å². The summed E-state index contributed by atoms with van der Waals surface area (Å²) in [6.45, 7) is 2.87. The fraction of sp³-hybridized carbons (Fsp3) is 0.250. The maximum absolute atomic E-state index is 5.77. The maximum Gasteiger partial charge on any atom is 0.125 e. The summed E-state index contributed by atoms with van der Waals surface area (Å²) < 4.78 is 5.38. The molecule has 0 aliphatic rings. The molecule has 2 aromatic carbocycles. The Bertz CT molecular complexity index is 549. The van der Waals surface area contributed by atoms with Crippen molar-refractivity contribution in [2.75, 3.05) is 24.8 Å². The van der Waals surface area contributed by atoms with Crippen LogP contribution in [-0.4, -0.2) is 14.2 Å². The van der Waals surface area contributed by atoms with Crippen LogP contribution < -0.4 is 15.4 Å². The molecule has 0 atom stereocenters. The Kier molecular flexibility index (Phi) is 3.95. The SMILES string of the molecule is COc1cc(N)ccc1CN(C)c1ccc(C)cc1. The van der Waals surface area contributed by atoms with Crippen molar-refractivity contribution in [3.63, 3.8) is 0 Å². The standard InChI is InChI=1S/C16H20N2O/c1-12-4-8-15(9-5-12)18(2)11-13-6-7-14(17)10-16(13)19-3/h4-10H,11,17H2,1-3H3. The van der Waals surface area contributed by atoms with Crippen molar-refractivity contribution in [1.29, 1.82) is 0 Å². The van der Waals surface area contributed by atoms with Gasteiger partial charge < -0.3 is 15.4 Å². The molecule has 0 saturated heterocycles. The second-order valence-electron chi connectivity index (χ2n) is 4.76. The summed E-state index contributed by atoms with van der Waals surface area (Å²) in [5, 5.41) is 0. The van der Waals surface area contributed by atoms with Gasteiger partial charge >= 0.3 is 0 Å². The largest absolute Gasteiger partial charge is 0.496 e. The van der Waals surface area contributed by atoms with E-state index in [9.17, 15) is 0 Å². The van der Waals surface area contributed by atoms with Crippen molar-refractivity contribution in [1.82, 2.24) is 0 Å². The van der Waals surface area contributed by atoms with Gasteiger partial charge in [0.2, 0.25) is 0 Å². The zero-order valence-corrected chi connectivity index (χ0v) is 11.7. The zero-order chi connectivity index (χ0) is 13.8. The summed E-state index contributed by atoms with van der Waals surface area (Å²) in [5.41, 5.74) is 10.1. The molecule has 2 rings (SSSR count). The van der Waals surface area contributed by atoms with Crippen molar-refractivity contribution in [3.8, 4) is 5.75 Å². The fourth-order valence-electron chi connectivity index (χ4n) is 2.04. The highest BCUT2D eigenvalue weighted by Gasteiger charge is 2.07. The molecule has 3 nitrogen and oxygen atoms in total. The molecule has 3 heteroatoms. The first-order chi connectivity index (χ1) is 9.10. The lowest BCUT2D eigenvalue weighted by atomic mass is 10.1. The molecule has 0 aliphatic heterocycles. The molecule has 0 radical (unpaired) electrons. The Hall–Kier alpha value is -2.16. The lowest BCUT2D eigenvalue weighted by Crippen LogP contribution is -2.16. The first-order valence-electron chi connectivity index (χ1n) is 6.30. The minimum absolute atomic E-state index is 0.721. The number of benzene rings is 2. The summed E-state index contributed by atoms with van der Waals surface area (Å²) in [6.07, 6.45) is 0. The van der Waals surface area contributed by atoms with Gasteiger partial charge in [-0.2, -0.15) is 0 Å². The van der Waals surface area contributed by atoms with Crippen LogP contribution in [0.2, 0.25) is 0 Å². The number of nitrogen functional groups attached to an aromatic ring is 1. The quantitative estimate of drug-likeness (QED) is 0.854. The van der Waals surface area contributed by atoms with E-state index in [1.165, 1.54) is 11.3 Å². The van der Waals surface area contributed by atoms with Gasteiger partial charge in [-0.05, 0) is 25.1 Å². The molecular formula is C16H20N2O. The molecule has 0 unspecified atom stereocenters. The molecular weight excluding hydrogens is 236 g/mol. The van der Waals surface area contributed by atoms with E-state index in [1.54, 1.807) is 7.11 Å². The lowest BCUT2D eigenvalue weighted by molar-refractivity contribution is 0.410. The number of rotatable bonds is 4. The van der Waals surface area contributed by atoms with Crippen molar-refractivity contribution >= 4 is 11.4 Å². The monoisotopic (exact) mass is 256 g/mol. The van der Waals surface area contributed by atoms with Crippen LogP contribution in [-0.2, 0) is 6.54 Å². The number of ether oxygens (including phenoxy) is 1. The van der Waals surface area contributed by atoms with Crippen molar-refractivity contribution < 1.29 is 4.74 Å². The fourth-order valence-corrected chi connectivity index (χ4v) is 2.04. The molecule has 2 aromatic rings. The second kappa shape index (κ2) is 5.65. The second-order valence-corrected chi connectivity index (χ2v) is 4.76. The molecule has 0 aliphatic carbocycles. The normalized spacial score (nSPS) is 10.3. The smallest absolute Gasteiger partial charge is 0.125 e. The Balaban J connectivity index is 2.18. The van der Waals surface area contributed by atoms with E-state index in [4.69, 9.17) is 10.5 Å². The first-order valence-corrected chi connectivity index (χ1v) is 6.30. The predicted octanol–water partition coefficient (Wildman–Crippen LogP) is 3.22. The van der Waals surface area contributed by atoms with Crippen LogP contribution in [0.4, 0.5) is 11.4 Å². The molecule has 0 heterocycles. The van der Waals surface area contributed by atoms with E-state index in [0.29, 0.717) is 0 Å². The highest BCUT2D eigenvalue weighted by molar-refractivity contribution is 5.52. The number of hydrogen-bond acceptors (Lipinski definition) is 3. The van der Waals surface area contributed by atoms with Gasteiger partial charge in [0.05, 0.1) is 7.11 Å². The van der Waals surface area contributed by atoms with Crippen molar-refractivity contribution in [3.05, 3.63) is 53.6 Å². The van der Waals surface area contributed by atoms with Crippen molar-refractivity contribution in [2.24, 2.45) is 0 Å². The Morgan fingerprint density at radius 1 is 1.11 bits per heavy atom. The predicted molar refractivity (Wildman–Crippen MR) is 80.7 cm³/mol. The van der Waals surface area contributed by atoms with E-state index < -0.39 is 0 Å². The summed E-state index contributed by atoms with van der Waals surface area (Å²) in [7, 11) is 3.74. The van der Waals surface area contributed by atoms with Gasteiger partial charge in [0.1, 0.15) is 5.75 Å². The third-order valence-electron chi connectivity index (χ3n) is 3.19. The number of hydrogen-bond donors (Lipinski definition) is 1. The highest BCUT2D eigenvalue weighted by Crippen LogP contribution is 2.24. The molecule has 100 valence electrons. The average molecular weight is 256 g/mol. The highest BCUT2D eigenvalue weighted by atomic mass is 16.5. The van der Waals surface area contributed by atoms with E-state index in [1.807, 2.05) is 18.2 Å². The molecule has 0 fully saturated rings. The number of anilines is 2. The summed E-state index contributed by atoms with van der Waals surface area (Å²) in [5.74, 6) is 0.832. The van der Waals surface area contributed by atoms with Gasteiger partial charge in [0.15, 0.2) is 0 Å². The van der Waals surface area contributed by atoms with E-state index in [-0.39, 0.29) is 0 Å². The van der Waals surface area contributed by atoms with Gasteiger partial charge in [0, 0.05) is 36.6 Å². The minimum atomic E-state index is 0.721. The van der Waals surface area contributed by atoms with Crippen LogP contribution in [0.15, 0.2) is 42.5 Å². The molecule has 2 N–H and O–H groups in total. The average Bonchev–Trinajstić information content (AvgIpc) is 2.41. The minimum Gasteiger partial charge on any atom is -0.496 e. The van der Waals surface area contributed by atoms with Gasteiger partial charge in [-0.25, -0.2) is 0 Å². The Labute approximate surface area is 114 Å². The third kappa shape index (κ3) is 3.19. The molecule has 19 heavy (non-hydrogen) atoms.